The summed E-state index contributed by atoms with van der Waals surface area (Å²) in [6, 6.07) is 0.312. The van der Waals surface area contributed by atoms with Gasteiger partial charge in [0.1, 0.15) is 0 Å². The Kier molecular flexibility index (Phi) is 7.51. The van der Waals surface area contributed by atoms with Crippen molar-refractivity contribution in [2.75, 3.05) is 13.1 Å². The molecule has 0 aliphatic carbocycles. The van der Waals surface area contributed by atoms with Crippen molar-refractivity contribution in [1.29, 1.82) is 0 Å². The van der Waals surface area contributed by atoms with Gasteiger partial charge in [0.2, 0.25) is 0 Å². The third kappa shape index (κ3) is 6.62. The van der Waals surface area contributed by atoms with E-state index in [-0.39, 0.29) is 0 Å². The van der Waals surface area contributed by atoms with Crippen LogP contribution in [0.4, 0.5) is 0 Å². The number of nitrogens with one attached hydrogen (secondary N) is 1. The number of unbranched alkanes of at least 4 members (excludes halogenated alkanes) is 2. The molecule has 0 radical (unpaired) electrons. The predicted octanol–water partition coefficient (Wildman–Crippen LogP) is 1.75. The third-order valence-electron chi connectivity index (χ3n) is 2.19. The van der Waals surface area contributed by atoms with Gasteiger partial charge in [0.05, 0.1) is 0 Å². The SMILES string of the molecule is CCCCCNCC(N)C(C)C. The van der Waals surface area contributed by atoms with Crippen LogP contribution in [0.5, 0.6) is 0 Å². The first-order chi connectivity index (χ1) is 5.68. The van der Waals surface area contributed by atoms with Gasteiger partial charge in [0.25, 0.3) is 0 Å². The van der Waals surface area contributed by atoms with E-state index in [0.29, 0.717) is 12.0 Å². The summed E-state index contributed by atoms with van der Waals surface area (Å²) in [7, 11) is 0. The Morgan fingerprint density at radius 3 is 2.42 bits per heavy atom. The van der Waals surface area contributed by atoms with Crippen LogP contribution in [0.25, 0.3) is 0 Å². The molecule has 0 aromatic rings. The zero-order valence-corrected chi connectivity index (χ0v) is 8.77. The van der Waals surface area contributed by atoms with Crippen LogP contribution < -0.4 is 11.1 Å². The van der Waals surface area contributed by atoms with Gasteiger partial charge in [0.15, 0.2) is 0 Å². The van der Waals surface area contributed by atoms with Gasteiger partial charge < -0.3 is 11.1 Å². The van der Waals surface area contributed by atoms with Crippen LogP contribution in [-0.2, 0) is 0 Å². The van der Waals surface area contributed by atoms with E-state index in [1.54, 1.807) is 0 Å². The van der Waals surface area contributed by atoms with Gasteiger partial charge in [0, 0.05) is 12.6 Å². The first kappa shape index (κ1) is 11.9. The molecule has 12 heavy (non-hydrogen) atoms. The van der Waals surface area contributed by atoms with Gasteiger partial charge >= 0.3 is 0 Å². The highest BCUT2D eigenvalue weighted by Gasteiger charge is 2.05. The molecule has 2 nitrogen and oxygen atoms in total. The van der Waals surface area contributed by atoms with Crippen LogP contribution in [-0.4, -0.2) is 19.1 Å². The average molecular weight is 172 g/mol. The topological polar surface area (TPSA) is 38.0 Å². The lowest BCUT2D eigenvalue weighted by atomic mass is 10.1. The van der Waals surface area contributed by atoms with Crippen LogP contribution in [0.3, 0.4) is 0 Å². The highest BCUT2D eigenvalue weighted by atomic mass is 14.9. The zero-order valence-electron chi connectivity index (χ0n) is 8.77. The average Bonchev–Trinajstić information content (AvgIpc) is 2.03. The molecular formula is C10H24N2. The summed E-state index contributed by atoms with van der Waals surface area (Å²) in [5.74, 6) is 0.587. The van der Waals surface area contributed by atoms with E-state index < -0.39 is 0 Å². The molecule has 0 spiro atoms. The first-order valence-corrected chi connectivity index (χ1v) is 5.14. The van der Waals surface area contributed by atoms with Crippen molar-refractivity contribution in [3.63, 3.8) is 0 Å². The molecule has 1 atom stereocenters. The smallest absolute Gasteiger partial charge is 0.0188 e. The molecule has 0 aromatic carbocycles. The summed E-state index contributed by atoms with van der Waals surface area (Å²) >= 11 is 0. The Bertz CT molecular complexity index is 91.8. The molecule has 0 heterocycles. The van der Waals surface area contributed by atoms with Gasteiger partial charge in [-0.25, -0.2) is 0 Å². The number of nitrogens with two attached hydrogens (primary N) is 1. The minimum atomic E-state index is 0.312. The lowest BCUT2D eigenvalue weighted by Crippen LogP contribution is -2.38. The van der Waals surface area contributed by atoms with Crippen LogP contribution in [0.2, 0.25) is 0 Å². The van der Waals surface area contributed by atoms with Crippen LogP contribution in [0.1, 0.15) is 40.0 Å². The molecule has 74 valence electrons. The molecule has 0 fully saturated rings. The number of rotatable bonds is 7. The Labute approximate surface area is 76.9 Å². The fourth-order valence-corrected chi connectivity index (χ4v) is 1.00. The first-order valence-electron chi connectivity index (χ1n) is 5.14. The number of hydrogen-bond acceptors (Lipinski definition) is 2. The maximum Gasteiger partial charge on any atom is 0.0188 e. The second-order valence-electron chi connectivity index (χ2n) is 3.82. The van der Waals surface area contributed by atoms with Crippen LogP contribution in [0, 0.1) is 5.92 Å². The second-order valence-corrected chi connectivity index (χ2v) is 3.82. The highest BCUT2D eigenvalue weighted by molar-refractivity contribution is 4.67. The van der Waals surface area contributed by atoms with E-state index >= 15 is 0 Å². The van der Waals surface area contributed by atoms with Gasteiger partial charge in [-0.3, -0.25) is 0 Å². The van der Waals surface area contributed by atoms with Gasteiger partial charge in [-0.1, -0.05) is 33.6 Å². The minimum absolute atomic E-state index is 0.312. The minimum Gasteiger partial charge on any atom is -0.326 e. The van der Waals surface area contributed by atoms with E-state index in [9.17, 15) is 0 Å². The fourth-order valence-electron chi connectivity index (χ4n) is 1.00. The Morgan fingerprint density at radius 2 is 1.92 bits per heavy atom. The van der Waals surface area contributed by atoms with Crippen molar-refractivity contribution < 1.29 is 0 Å². The van der Waals surface area contributed by atoms with Crippen molar-refractivity contribution in [3.05, 3.63) is 0 Å². The Balaban J connectivity index is 3.08. The quantitative estimate of drug-likeness (QED) is 0.574. The highest BCUT2D eigenvalue weighted by Crippen LogP contribution is 1.96. The van der Waals surface area contributed by atoms with Crippen LogP contribution >= 0.6 is 0 Å². The zero-order chi connectivity index (χ0) is 9.40. The number of hydrogen-bond donors (Lipinski definition) is 2. The van der Waals surface area contributed by atoms with E-state index in [2.05, 4.69) is 26.1 Å². The molecule has 0 amide bonds. The summed E-state index contributed by atoms with van der Waals surface area (Å²) in [6.07, 6.45) is 3.89. The third-order valence-corrected chi connectivity index (χ3v) is 2.19. The molecule has 0 saturated heterocycles. The molecule has 0 saturated carbocycles. The summed E-state index contributed by atoms with van der Waals surface area (Å²) in [6.45, 7) is 8.63. The van der Waals surface area contributed by atoms with E-state index in [1.807, 2.05) is 0 Å². The summed E-state index contributed by atoms with van der Waals surface area (Å²) < 4.78 is 0. The van der Waals surface area contributed by atoms with Gasteiger partial charge in [-0.2, -0.15) is 0 Å². The molecular weight excluding hydrogens is 148 g/mol. The largest absolute Gasteiger partial charge is 0.326 e. The second kappa shape index (κ2) is 7.56. The molecule has 0 aliphatic heterocycles. The predicted molar refractivity (Wildman–Crippen MR) is 55.2 cm³/mol. The monoisotopic (exact) mass is 172 g/mol. The maximum atomic E-state index is 5.87. The van der Waals surface area contributed by atoms with Crippen molar-refractivity contribution >= 4 is 0 Å². The molecule has 0 aromatic heterocycles. The normalized spacial score (nSPS) is 13.8. The molecule has 2 heteroatoms. The van der Waals surface area contributed by atoms with E-state index in [0.717, 1.165) is 13.1 Å². The molecule has 3 N–H and O–H groups in total. The lowest BCUT2D eigenvalue weighted by molar-refractivity contribution is 0.454. The van der Waals surface area contributed by atoms with E-state index in [4.69, 9.17) is 5.73 Å². The fraction of sp³-hybridized carbons (Fsp3) is 1.00. The maximum absolute atomic E-state index is 5.87. The molecule has 1 unspecified atom stereocenters. The summed E-state index contributed by atoms with van der Waals surface area (Å²) in [5.41, 5.74) is 5.87. The van der Waals surface area contributed by atoms with Crippen molar-refractivity contribution in [1.82, 2.24) is 5.32 Å². The van der Waals surface area contributed by atoms with E-state index in [1.165, 1.54) is 19.3 Å². The molecule has 0 bridgehead atoms. The van der Waals surface area contributed by atoms with Crippen molar-refractivity contribution in [2.45, 2.75) is 46.1 Å². The van der Waals surface area contributed by atoms with Crippen molar-refractivity contribution in [2.24, 2.45) is 11.7 Å². The van der Waals surface area contributed by atoms with Gasteiger partial charge in [-0.05, 0) is 18.9 Å². The lowest BCUT2D eigenvalue weighted by Gasteiger charge is -2.15. The molecule has 0 aliphatic rings. The van der Waals surface area contributed by atoms with Crippen LogP contribution in [0.15, 0.2) is 0 Å². The Morgan fingerprint density at radius 1 is 1.25 bits per heavy atom. The standard InChI is InChI=1S/C10H24N2/c1-4-5-6-7-12-8-10(11)9(2)3/h9-10,12H,4-8,11H2,1-3H3. The van der Waals surface area contributed by atoms with Crippen molar-refractivity contribution in [3.8, 4) is 0 Å². The molecule has 0 rings (SSSR count). The van der Waals surface area contributed by atoms with Gasteiger partial charge in [-0.15, -0.1) is 0 Å². The summed E-state index contributed by atoms with van der Waals surface area (Å²) in [4.78, 5) is 0. The summed E-state index contributed by atoms with van der Waals surface area (Å²) in [5, 5.41) is 3.38. The Hall–Kier alpha value is -0.0800.